The van der Waals surface area contributed by atoms with Crippen molar-refractivity contribution in [2.24, 2.45) is 0 Å². The van der Waals surface area contributed by atoms with Gasteiger partial charge in [-0.1, -0.05) is 6.07 Å². The number of hydrogen-bond donors (Lipinski definition) is 1. The Kier molecular flexibility index (Phi) is 3.62. The smallest absolute Gasteiger partial charge is 0.142 e. The molecule has 104 valence electrons. The predicted molar refractivity (Wildman–Crippen MR) is 78.2 cm³/mol. The summed E-state index contributed by atoms with van der Waals surface area (Å²) in [6, 6.07) is 7.06. The monoisotopic (exact) mass is 261 g/mol. The fourth-order valence-electron chi connectivity index (χ4n) is 3.14. The highest BCUT2D eigenvalue weighted by molar-refractivity contribution is 5.60. The van der Waals surface area contributed by atoms with Crippen molar-refractivity contribution >= 4 is 5.69 Å². The highest BCUT2D eigenvalue weighted by Crippen LogP contribution is 2.31. The topological polar surface area (TPSA) is 27.7 Å². The van der Waals surface area contributed by atoms with Crippen molar-refractivity contribution in [2.75, 3.05) is 51.3 Å². The van der Waals surface area contributed by atoms with Crippen molar-refractivity contribution in [3.8, 4) is 5.75 Å². The van der Waals surface area contributed by atoms with Crippen LogP contribution >= 0.6 is 0 Å². The second kappa shape index (κ2) is 5.39. The molecule has 0 saturated carbocycles. The molecule has 0 amide bonds. The van der Waals surface area contributed by atoms with E-state index in [4.69, 9.17) is 4.74 Å². The van der Waals surface area contributed by atoms with Crippen LogP contribution in [0, 0.1) is 6.92 Å². The van der Waals surface area contributed by atoms with Crippen molar-refractivity contribution in [3.05, 3.63) is 23.8 Å². The average Bonchev–Trinajstić information content (AvgIpc) is 2.46. The van der Waals surface area contributed by atoms with E-state index in [1.54, 1.807) is 7.11 Å². The van der Waals surface area contributed by atoms with Crippen molar-refractivity contribution in [1.29, 1.82) is 0 Å². The van der Waals surface area contributed by atoms with Gasteiger partial charge in [-0.2, -0.15) is 0 Å². The molecule has 4 heteroatoms. The lowest BCUT2D eigenvalue weighted by atomic mass is 10.1. The number of nitrogens with zero attached hydrogens (tertiary/aromatic N) is 2. The summed E-state index contributed by atoms with van der Waals surface area (Å²) in [7, 11) is 1.76. The van der Waals surface area contributed by atoms with Gasteiger partial charge in [-0.3, -0.25) is 4.90 Å². The fourth-order valence-corrected chi connectivity index (χ4v) is 3.14. The van der Waals surface area contributed by atoms with E-state index < -0.39 is 0 Å². The second-order valence-corrected chi connectivity index (χ2v) is 5.52. The molecule has 0 bridgehead atoms. The molecule has 1 aromatic carbocycles. The van der Waals surface area contributed by atoms with Gasteiger partial charge in [-0.15, -0.1) is 0 Å². The number of aryl methyl sites for hydroxylation is 1. The minimum atomic E-state index is 0.632. The van der Waals surface area contributed by atoms with Gasteiger partial charge in [0.1, 0.15) is 5.75 Å². The largest absolute Gasteiger partial charge is 0.495 e. The van der Waals surface area contributed by atoms with Crippen LogP contribution in [-0.2, 0) is 0 Å². The highest BCUT2D eigenvalue weighted by atomic mass is 16.5. The van der Waals surface area contributed by atoms with Crippen LogP contribution in [0.15, 0.2) is 18.2 Å². The summed E-state index contributed by atoms with van der Waals surface area (Å²) in [5, 5.41) is 3.50. The summed E-state index contributed by atoms with van der Waals surface area (Å²) < 4.78 is 5.52. The van der Waals surface area contributed by atoms with Gasteiger partial charge in [-0.25, -0.2) is 0 Å². The lowest BCUT2D eigenvalue weighted by Crippen LogP contribution is -2.61. The molecule has 0 spiro atoms. The minimum Gasteiger partial charge on any atom is -0.495 e. The summed E-state index contributed by atoms with van der Waals surface area (Å²) in [4.78, 5) is 5.08. The van der Waals surface area contributed by atoms with E-state index in [2.05, 4.69) is 40.2 Å². The van der Waals surface area contributed by atoms with Gasteiger partial charge in [0.2, 0.25) is 0 Å². The number of anilines is 1. The van der Waals surface area contributed by atoms with Crippen molar-refractivity contribution < 1.29 is 4.74 Å². The molecule has 2 saturated heterocycles. The quantitative estimate of drug-likeness (QED) is 0.863. The lowest BCUT2D eigenvalue weighted by molar-refractivity contribution is 0.145. The fraction of sp³-hybridized carbons (Fsp3) is 0.600. The van der Waals surface area contributed by atoms with Crippen molar-refractivity contribution in [1.82, 2.24) is 10.2 Å². The summed E-state index contributed by atoms with van der Waals surface area (Å²) in [5.74, 6) is 0.989. The first-order valence-corrected chi connectivity index (χ1v) is 7.12. The molecular weight excluding hydrogens is 238 g/mol. The van der Waals surface area contributed by atoms with Crippen LogP contribution in [0.4, 0.5) is 5.69 Å². The maximum atomic E-state index is 5.52. The molecule has 1 N–H and O–H groups in total. The van der Waals surface area contributed by atoms with Crippen LogP contribution < -0.4 is 15.0 Å². The third-order valence-corrected chi connectivity index (χ3v) is 4.24. The van der Waals surface area contributed by atoms with Gasteiger partial charge in [-0.05, 0) is 24.6 Å². The first-order chi connectivity index (χ1) is 9.28. The Morgan fingerprint density at radius 3 is 3.00 bits per heavy atom. The molecular formula is C15H23N3O. The number of nitrogens with one attached hydrogen (secondary N) is 1. The Balaban J connectivity index is 1.80. The molecule has 19 heavy (non-hydrogen) atoms. The third kappa shape index (κ3) is 2.55. The molecule has 1 aromatic rings. The zero-order chi connectivity index (χ0) is 13.2. The number of rotatable bonds is 2. The maximum Gasteiger partial charge on any atom is 0.142 e. The lowest BCUT2D eigenvalue weighted by Gasteiger charge is -2.45. The Morgan fingerprint density at radius 2 is 2.16 bits per heavy atom. The number of benzene rings is 1. The van der Waals surface area contributed by atoms with Crippen molar-refractivity contribution in [2.45, 2.75) is 13.0 Å². The summed E-state index contributed by atoms with van der Waals surface area (Å²) >= 11 is 0. The van der Waals surface area contributed by atoms with Crippen LogP contribution in [0.1, 0.15) is 5.56 Å². The Morgan fingerprint density at radius 1 is 1.26 bits per heavy atom. The number of piperazine rings is 2. The molecule has 4 nitrogen and oxygen atoms in total. The molecule has 0 aliphatic carbocycles. The molecule has 0 aromatic heterocycles. The van der Waals surface area contributed by atoms with Gasteiger partial charge in [0, 0.05) is 45.3 Å². The molecule has 2 aliphatic rings. The SMILES string of the molecule is COc1ccc(C)cc1N1CCN2CCNCC2C1. The van der Waals surface area contributed by atoms with Gasteiger partial charge >= 0.3 is 0 Å². The van der Waals surface area contributed by atoms with Crippen LogP contribution in [0.5, 0.6) is 5.75 Å². The van der Waals surface area contributed by atoms with Gasteiger partial charge in [0.25, 0.3) is 0 Å². The Hall–Kier alpha value is -1.26. The summed E-state index contributed by atoms with van der Waals surface area (Å²) in [6.45, 7) is 8.90. The molecule has 2 fully saturated rings. The number of fused-ring (bicyclic) bond motifs is 1. The third-order valence-electron chi connectivity index (χ3n) is 4.24. The zero-order valence-electron chi connectivity index (χ0n) is 11.9. The van der Waals surface area contributed by atoms with E-state index >= 15 is 0 Å². The van der Waals surface area contributed by atoms with Gasteiger partial charge in [0.15, 0.2) is 0 Å². The van der Waals surface area contributed by atoms with Crippen LogP contribution in [-0.4, -0.2) is 57.3 Å². The summed E-state index contributed by atoms with van der Waals surface area (Å²) in [5.41, 5.74) is 2.53. The molecule has 0 radical (unpaired) electrons. The molecule has 3 rings (SSSR count). The van der Waals surface area contributed by atoms with Gasteiger partial charge in [0.05, 0.1) is 12.8 Å². The Labute approximate surface area is 115 Å². The van der Waals surface area contributed by atoms with E-state index in [9.17, 15) is 0 Å². The average molecular weight is 261 g/mol. The molecule has 2 aliphatic heterocycles. The maximum absolute atomic E-state index is 5.52. The van der Waals surface area contributed by atoms with Crippen LogP contribution in [0.2, 0.25) is 0 Å². The van der Waals surface area contributed by atoms with E-state index in [-0.39, 0.29) is 0 Å². The van der Waals surface area contributed by atoms with E-state index in [1.165, 1.54) is 17.8 Å². The first-order valence-electron chi connectivity index (χ1n) is 7.12. The van der Waals surface area contributed by atoms with E-state index in [0.29, 0.717) is 6.04 Å². The standard InChI is InChI=1S/C15H23N3O/c1-12-3-4-15(19-2)14(9-12)18-8-7-17-6-5-16-10-13(17)11-18/h3-4,9,13,16H,5-8,10-11H2,1-2H3. The van der Waals surface area contributed by atoms with E-state index in [0.717, 1.165) is 38.5 Å². The van der Waals surface area contributed by atoms with Crippen LogP contribution in [0.3, 0.4) is 0 Å². The zero-order valence-corrected chi connectivity index (χ0v) is 11.9. The number of hydrogen-bond acceptors (Lipinski definition) is 4. The van der Waals surface area contributed by atoms with E-state index in [1.807, 2.05) is 0 Å². The first kappa shape index (κ1) is 12.8. The van der Waals surface area contributed by atoms with Crippen LogP contribution in [0.25, 0.3) is 0 Å². The minimum absolute atomic E-state index is 0.632. The summed E-state index contributed by atoms with van der Waals surface area (Å²) in [6.07, 6.45) is 0. The second-order valence-electron chi connectivity index (χ2n) is 5.52. The normalized spacial score (nSPS) is 24.1. The molecule has 2 heterocycles. The highest BCUT2D eigenvalue weighted by Gasteiger charge is 2.29. The van der Waals surface area contributed by atoms with Gasteiger partial charge < -0.3 is 15.0 Å². The molecule has 1 atom stereocenters. The Bertz CT molecular complexity index is 449. The van der Waals surface area contributed by atoms with Crippen molar-refractivity contribution in [3.63, 3.8) is 0 Å². The molecule has 1 unspecified atom stereocenters. The number of ether oxygens (including phenoxy) is 1. The predicted octanol–water partition coefficient (Wildman–Crippen LogP) is 1.10. The number of methoxy groups -OCH3 is 1.